The van der Waals surface area contributed by atoms with Crippen LogP contribution < -0.4 is 10.6 Å². The second-order valence-corrected chi connectivity index (χ2v) is 12.8. The highest BCUT2D eigenvalue weighted by atomic mass is 19.1. The fraction of sp³-hybridized carbons (Fsp3) is 0.750. The van der Waals surface area contributed by atoms with Crippen LogP contribution in [0.4, 0.5) is 4.39 Å². The van der Waals surface area contributed by atoms with Crippen LogP contribution >= 0.6 is 0 Å². The molecule has 0 aliphatic heterocycles. The smallest absolute Gasteiger partial charge is 0.329 e. The molecule has 1 aromatic heterocycles. The van der Waals surface area contributed by atoms with E-state index in [2.05, 4.69) is 20.9 Å². The van der Waals surface area contributed by atoms with Crippen molar-refractivity contribution in [3.63, 3.8) is 0 Å². The number of hydrogen-bond donors (Lipinski definition) is 2. The lowest BCUT2D eigenvalue weighted by atomic mass is 10.1. The maximum Gasteiger partial charge on any atom is 0.329 e. The zero-order valence-electron chi connectivity index (χ0n) is 26.2. The maximum atomic E-state index is 13.1. The van der Waals surface area contributed by atoms with Gasteiger partial charge in [-0.05, 0) is 81.6 Å². The number of carbonyl (C=O) groups excluding carboxylic acids is 5. The molecule has 238 valence electrons. The fourth-order valence-electron chi connectivity index (χ4n) is 3.45. The van der Waals surface area contributed by atoms with Crippen molar-refractivity contribution in [3.8, 4) is 0 Å². The Balaban J connectivity index is 3.02. The topological polar surface area (TPSA) is 168 Å². The Morgan fingerprint density at radius 3 is 1.88 bits per heavy atom. The lowest BCUT2D eigenvalue weighted by Gasteiger charge is -2.26. The Kier molecular flexibility index (Phi) is 13.5. The van der Waals surface area contributed by atoms with Crippen molar-refractivity contribution in [2.75, 3.05) is 6.67 Å². The zero-order valence-corrected chi connectivity index (χ0v) is 26.2. The molecule has 0 aromatic carbocycles. The van der Waals surface area contributed by atoms with Crippen molar-refractivity contribution in [1.29, 1.82) is 0 Å². The third kappa shape index (κ3) is 16.0. The minimum Gasteiger partial charge on any atom is -0.460 e. The maximum absolute atomic E-state index is 13.1. The van der Waals surface area contributed by atoms with Gasteiger partial charge in [0, 0.05) is 12.6 Å². The van der Waals surface area contributed by atoms with Gasteiger partial charge in [-0.1, -0.05) is 5.21 Å². The van der Waals surface area contributed by atoms with Crippen LogP contribution in [-0.2, 0) is 51.1 Å². The van der Waals surface area contributed by atoms with E-state index < -0.39 is 71.7 Å². The van der Waals surface area contributed by atoms with E-state index in [1.165, 1.54) is 10.9 Å². The van der Waals surface area contributed by atoms with Gasteiger partial charge in [-0.3, -0.25) is 18.8 Å². The Morgan fingerprint density at radius 1 is 0.833 bits per heavy atom. The van der Waals surface area contributed by atoms with Gasteiger partial charge in [0.2, 0.25) is 11.8 Å². The van der Waals surface area contributed by atoms with Crippen molar-refractivity contribution in [1.82, 2.24) is 25.6 Å². The number of rotatable bonds is 14. The number of alkyl halides is 1. The summed E-state index contributed by atoms with van der Waals surface area (Å²) < 4.78 is 29.7. The molecule has 0 aliphatic rings. The third-order valence-electron chi connectivity index (χ3n) is 4.96. The quantitative estimate of drug-likeness (QED) is 0.239. The molecule has 1 rings (SSSR count). The van der Waals surface area contributed by atoms with Gasteiger partial charge in [-0.2, -0.15) is 0 Å². The van der Waals surface area contributed by atoms with Gasteiger partial charge in [0.15, 0.2) is 0 Å². The molecule has 14 heteroatoms. The van der Waals surface area contributed by atoms with Crippen LogP contribution in [0.3, 0.4) is 0 Å². The molecular weight excluding hydrogens is 553 g/mol. The highest BCUT2D eigenvalue weighted by molar-refractivity contribution is 5.91. The number of aryl methyl sites for hydroxylation is 1. The van der Waals surface area contributed by atoms with Crippen LogP contribution in [0.25, 0.3) is 0 Å². The number of esters is 3. The molecule has 0 aliphatic carbocycles. The van der Waals surface area contributed by atoms with Crippen LogP contribution in [0, 0.1) is 0 Å². The van der Waals surface area contributed by atoms with Crippen LogP contribution in [0.1, 0.15) is 93.7 Å². The van der Waals surface area contributed by atoms with Crippen LogP contribution in [0.15, 0.2) is 6.20 Å². The van der Waals surface area contributed by atoms with E-state index in [1.54, 1.807) is 62.3 Å². The Hall–Kier alpha value is -3.58. The number of carbonyl (C=O) groups is 5. The van der Waals surface area contributed by atoms with E-state index in [-0.39, 0.29) is 25.8 Å². The number of halogens is 1. The Labute approximate surface area is 246 Å². The first kappa shape index (κ1) is 36.4. The highest BCUT2D eigenvalue weighted by Gasteiger charge is 2.32. The zero-order chi connectivity index (χ0) is 32.3. The van der Waals surface area contributed by atoms with E-state index in [4.69, 9.17) is 14.2 Å². The predicted octanol–water partition coefficient (Wildman–Crippen LogP) is 2.35. The molecular formula is C28H46FN5O8. The van der Waals surface area contributed by atoms with Gasteiger partial charge < -0.3 is 24.8 Å². The number of nitrogens with zero attached hydrogens (tertiary/aromatic N) is 3. The van der Waals surface area contributed by atoms with E-state index in [0.29, 0.717) is 12.1 Å². The SMILES string of the molecule is CC(C)(C)OC(=O)CC[C@H](NC(=O)C[C@H](NC(=O)Cn1cc(CCCF)nn1)C(=O)OC(C)(C)C)C(=O)OC(C)(C)C. The van der Waals surface area contributed by atoms with Gasteiger partial charge in [0.1, 0.15) is 35.4 Å². The number of nitrogens with one attached hydrogen (secondary N) is 2. The van der Waals surface area contributed by atoms with Crippen LogP contribution in [0.5, 0.6) is 0 Å². The van der Waals surface area contributed by atoms with E-state index in [0.717, 1.165) is 0 Å². The molecule has 13 nitrogen and oxygen atoms in total. The van der Waals surface area contributed by atoms with Crippen molar-refractivity contribution < 1.29 is 42.6 Å². The van der Waals surface area contributed by atoms with E-state index in [9.17, 15) is 28.4 Å². The van der Waals surface area contributed by atoms with Crippen molar-refractivity contribution in [2.45, 2.75) is 130 Å². The fourth-order valence-corrected chi connectivity index (χ4v) is 3.45. The molecule has 2 N–H and O–H groups in total. The van der Waals surface area contributed by atoms with Crippen molar-refractivity contribution in [2.24, 2.45) is 0 Å². The number of amides is 2. The van der Waals surface area contributed by atoms with Crippen molar-refractivity contribution >= 4 is 29.7 Å². The first-order chi connectivity index (χ1) is 19.2. The van der Waals surface area contributed by atoms with E-state index >= 15 is 0 Å². The molecule has 0 fully saturated rings. The normalized spacial score (nSPS) is 13.5. The molecule has 0 bridgehead atoms. The second-order valence-electron chi connectivity index (χ2n) is 12.8. The lowest BCUT2D eigenvalue weighted by molar-refractivity contribution is -0.160. The summed E-state index contributed by atoms with van der Waals surface area (Å²) in [6.45, 7) is 14.2. The van der Waals surface area contributed by atoms with Gasteiger partial charge in [-0.15, -0.1) is 5.10 Å². The first-order valence-corrected chi connectivity index (χ1v) is 13.9. The molecule has 0 saturated carbocycles. The molecule has 0 unspecified atom stereocenters. The largest absolute Gasteiger partial charge is 0.460 e. The number of aromatic nitrogens is 3. The molecule has 42 heavy (non-hydrogen) atoms. The van der Waals surface area contributed by atoms with Crippen LogP contribution in [0.2, 0.25) is 0 Å². The highest BCUT2D eigenvalue weighted by Crippen LogP contribution is 2.15. The van der Waals surface area contributed by atoms with Gasteiger partial charge in [-0.25, -0.2) is 14.3 Å². The molecule has 2 amide bonds. The molecule has 1 heterocycles. The molecule has 0 radical (unpaired) electrons. The third-order valence-corrected chi connectivity index (χ3v) is 4.96. The number of hydrogen-bond acceptors (Lipinski definition) is 10. The number of ether oxygens (including phenoxy) is 3. The summed E-state index contributed by atoms with van der Waals surface area (Å²) in [6, 6.07) is -2.63. The van der Waals surface area contributed by atoms with E-state index in [1.807, 2.05) is 0 Å². The van der Waals surface area contributed by atoms with Gasteiger partial charge in [0.25, 0.3) is 0 Å². The molecule has 0 saturated heterocycles. The average Bonchev–Trinajstić information content (AvgIpc) is 3.23. The summed E-state index contributed by atoms with van der Waals surface area (Å²) in [7, 11) is 0. The standard InChI is InChI=1S/C28H46FN5O8/c1-26(2,3)40-23(37)13-12-19(24(38)41-27(4,5)6)30-21(35)15-20(25(39)42-28(7,8)9)31-22(36)17-34-16-18(32-33-34)11-10-14-29/h16,19-20H,10-15,17H2,1-9H3,(H,30,35)(H,31,36)/t19-,20-/m0/s1. The lowest BCUT2D eigenvalue weighted by Crippen LogP contribution is -2.50. The Morgan fingerprint density at radius 2 is 1.36 bits per heavy atom. The minimum absolute atomic E-state index is 0.115. The monoisotopic (exact) mass is 599 g/mol. The summed E-state index contributed by atoms with van der Waals surface area (Å²) in [5, 5.41) is 12.7. The minimum atomic E-state index is -1.41. The second kappa shape index (κ2) is 15.6. The first-order valence-electron chi connectivity index (χ1n) is 13.9. The summed E-state index contributed by atoms with van der Waals surface area (Å²) in [5.41, 5.74) is -2.02. The molecule has 1 aromatic rings. The van der Waals surface area contributed by atoms with Gasteiger partial charge >= 0.3 is 17.9 Å². The summed E-state index contributed by atoms with van der Waals surface area (Å²) in [5.74, 6) is -3.62. The van der Waals surface area contributed by atoms with Gasteiger partial charge in [0.05, 0.1) is 18.8 Å². The summed E-state index contributed by atoms with van der Waals surface area (Å²) in [4.78, 5) is 63.9. The summed E-state index contributed by atoms with van der Waals surface area (Å²) in [6.07, 6.45) is 1.25. The predicted molar refractivity (Wildman–Crippen MR) is 150 cm³/mol. The molecule has 0 spiro atoms. The summed E-state index contributed by atoms with van der Waals surface area (Å²) >= 11 is 0. The Bertz CT molecular complexity index is 1090. The average molecular weight is 600 g/mol. The molecule has 2 atom stereocenters. The van der Waals surface area contributed by atoms with Crippen LogP contribution in [-0.4, -0.2) is 80.3 Å². The van der Waals surface area contributed by atoms with Crippen molar-refractivity contribution in [3.05, 3.63) is 11.9 Å².